The molecule has 0 spiro atoms. The first-order chi connectivity index (χ1) is 8.57. The number of benzene rings is 1. The van der Waals surface area contributed by atoms with Crippen molar-refractivity contribution >= 4 is 10.9 Å². The largest absolute Gasteiger partial charge is 0.358 e. The summed E-state index contributed by atoms with van der Waals surface area (Å²) in [6.07, 6.45) is 0.663. The van der Waals surface area contributed by atoms with E-state index >= 15 is 0 Å². The minimum atomic E-state index is 0.255. The average molecular weight is 238 g/mol. The topological polar surface area (TPSA) is 39.6 Å². The molecule has 18 heavy (non-hydrogen) atoms. The minimum Gasteiger partial charge on any atom is -0.358 e. The molecule has 2 atom stereocenters. The molecule has 3 rings (SSSR count). The number of aryl methyl sites for hydroxylation is 1. The van der Waals surface area contributed by atoms with Crippen LogP contribution in [0.2, 0.25) is 0 Å². The Kier molecular flexibility index (Phi) is 2.28. The van der Waals surface area contributed by atoms with Gasteiger partial charge in [-0.05, 0) is 35.8 Å². The highest BCUT2D eigenvalue weighted by molar-refractivity contribution is 5.85. The quantitative estimate of drug-likeness (QED) is 0.839. The molecule has 1 aliphatic rings. The number of nitrogens with zero attached hydrogens (tertiary/aromatic N) is 1. The standard InChI is InChI=1S/C16H18N2/c1-10-14(11-6-4-5-7-13(11)18-10)15-12(8-9-17)16(15,2)3/h4-7,12,15,18H,8H2,1-3H3/t12-,15-/m0/s1. The zero-order valence-electron chi connectivity index (χ0n) is 11.1. The highest BCUT2D eigenvalue weighted by atomic mass is 14.7. The molecule has 1 N–H and O–H groups in total. The summed E-state index contributed by atoms with van der Waals surface area (Å²) >= 11 is 0. The Labute approximate surface area is 108 Å². The van der Waals surface area contributed by atoms with Gasteiger partial charge in [-0.15, -0.1) is 0 Å². The van der Waals surface area contributed by atoms with E-state index < -0.39 is 0 Å². The normalized spacial score (nSPS) is 25.0. The van der Waals surface area contributed by atoms with Crippen molar-refractivity contribution < 1.29 is 0 Å². The van der Waals surface area contributed by atoms with E-state index in [0.29, 0.717) is 18.3 Å². The molecule has 1 aromatic carbocycles. The van der Waals surface area contributed by atoms with Gasteiger partial charge >= 0.3 is 0 Å². The van der Waals surface area contributed by atoms with Crippen molar-refractivity contribution in [3.8, 4) is 6.07 Å². The Bertz CT molecular complexity index is 643. The van der Waals surface area contributed by atoms with E-state index in [2.05, 4.69) is 56.1 Å². The lowest BCUT2D eigenvalue weighted by Crippen LogP contribution is -1.91. The first-order valence-electron chi connectivity index (χ1n) is 6.51. The average Bonchev–Trinajstić information content (AvgIpc) is 2.70. The second-order valence-electron chi connectivity index (χ2n) is 5.98. The van der Waals surface area contributed by atoms with Gasteiger partial charge in [-0.2, -0.15) is 5.26 Å². The van der Waals surface area contributed by atoms with Crippen LogP contribution < -0.4 is 0 Å². The van der Waals surface area contributed by atoms with Crippen molar-refractivity contribution in [1.29, 1.82) is 5.26 Å². The van der Waals surface area contributed by atoms with Crippen LogP contribution >= 0.6 is 0 Å². The van der Waals surface area contributed by atoms with Gasteiger partial charge in [0.2, 0.25) is 0 Å². The highest BCUT2D eigenvalue weighted by Gasteiger charge is 2.58. The zero-order valence-corrected chi connectivity index (χ0v) is 11.1. The van der Waals surface area contributed by atoms with E-state index in [4.69, 9.17) is 5.26 Å². The monoisotopic (exact) mass is 238 g/mol. The molecule has 2 nitrogen and oxygen atoms in total. The number of hydrogen-bond acceptors (Lipinski definition) is 1. The molecule has 1 saturated carbocycles. The molecule has 0 saturated heterocycles. The molecular formula is C16H18N2. The summed E-state index contributed by atoms with van der Waals surface area (Å²) in [6, 6.07) is 10.8. The molecule has 1 heterocycles. The van der Waals surface area contributed by atoms with Gasteiger partial charge in [-0.1, -0.05) is 32.0 Å². The molecule has 0 bridgehead atoms. The molecule has 0 aliphatic heterocycles. The number of para-hydroxylation sites is 1. The number of rotatable bonds is 2. The molecule has 92 valence electrons. The number of nitrogens with one attached hydrogen (secondary N) is 1. The summed E-state index contributed by atoms with van der Waals surface area (Å²) in [5.74, 6) is 1.02. The van der Waals surface area contributed by atoms with Gasteiger partial charge in [-0.25, -0.2) is 0 Å². The van der Waals surface area contributed by atoms with Gasteiger partial charge in [-0.3, -0.25) is 0 Å². The van der Waals surface area contributed by atoms with Crippen molar-refractivity contribution in [3.05, 3.63) is 35.5 Å². The Hall–Kier alpha value is -1.75. The van der Waals surface area contributed by atoms with Gasteiger partial charge in [0.15, 0.2) is 0 Å². The number of aromatic nitrogens is 1. The van der Waals surface area contributed by atoms with E-state index in [9.17, 15) is 0 Å². The van der Waals surface area contributed by atoms with Crippen LogP contribution in [-0.2, 0) is 0 Å². The molecule has 0 amide bonds. The maximum Gasteiger partial charge on any atom is 0.0625 e. The lowest BCUT2D eigenvalue weighted by atomic mass is 10.0. The molecule has 2 heteroatoms. The van der Waals surface area contributed by atoms with Gasteiger partial charge in [0.25, 0.3) is 0 Å². The van der Waals surface area contributed by atoms with Crippen LogP contribution in [0.25, 0.3) is 10.9 Å². The van der Waals surface area contributed by atoms with Crippen molar-refractivity contribution in [2.24, 2.45) is 11.3 Å². The molecule has 1 fully saturated rings. The first-order valence-corrected chi connectivity index (χ1v) is 6.51. The predicted molar refractivity (Wildman–Crippen MR) is 73.3 cm³/mol. The third kappa shape index (κ3) is 1.40. The maximum absolute atomic E-state index is 8.95. The van der Waals surface area contributed by atoms with Crippen LogP contribution in [0.5, 0.6) is 0 Å². The van der Waals surface area contributed by atoms with Crippen LogP contribution in [0.15, 0.2) is 24.3 Å². The Morgan fingerprint density at radius 2 is 2.06 bits per heavy atom. The minimum absolute atomic E-state index is 0.255. The SMILES string of the molecule is Cc1[nH]c2ccccc2c1[C@@H]1[C@H](CC#N)C1(C)C. The number of aromatic amines is 1. The van der Waals surface area contributed by atoms with Crippen LogP contribution in [0.4, 0.5) is 0 Å². The smallest absolute Gasteiger partial charge is 0.0625 e. The van der Waals surface area contributed by atoms with Gasteiger partial charge in [0.05, 0.1) is 6.07 Å². The highest BCUT2D eigenvalue weighted by Crippen LogP contribution is 2.67. The molecule has 2 aromatic rings. The summed E-state index contributed by atoms with van der Waals surface area (Å²) in [7, 11) is 0. The summed E-state index contributed by atoms with van der Waals surface area (Å²) in [6.45, 7) is 6.70. The fourth-order valence-corrected chi connectivity index (χ4v) is 3.50. The van der Waals surface area contributed by atoms with Crippen molar-refractivity contribution in [2.75, 3.05) is 0 Å². The van der Waals surface area contributed by atoms with E-state index in [1.54, 1.807) is 0 Å². The maximum atomic E-state index is 8.95. The Morgan fingerprint density at radius 3 is 2.78 bits per heavy atom. The van der Waals surface area contributed by atoms with Crippen molar-refractivity contribution in [3.63, 3.8) is 0 Å². The summed E-state index contributed by atoms with van der Waals surface area (Å²) in [5, 5.41) is 10.3. The molecule has 1 aromatic heterocycles. The van der Waals surface area contributed by atoms with E-state index in [1.807, 2.05) is 0 Å². The third-order valence-corrected chi connectivity index (χ3v) is 4.62. The second-order valence-corrected chi connectivity index (χ2v) is 5.98. The molecule has 0 radical (unpaired) electrons. The number of hydrogen-bond donors (Lipinski definition) is 1. The van der Waals surface area contributed by atoms with Crippen LogP contribution in [0.3, 0.4) is 0 Å². The van der Waals surface area contributed by atoms with Crippen LogP contribution in [-0.4, -0.2) is 4.98 Å². The molecular weight excluding hydrogens is 220 g/mol. The van der Waals surface area contributed by atoms with Crippen LogP contribution in [0, 0.1) is 29.6 Å². The Balaban J connectivity index is 2.11. The number of fused-ring (bicyclic) bond motifs is 1. The predicted octanol–water partition coefficient (Wildman–Crippen LogP) is 4.13. The number of H-pyrrole nitrogens is 1. The summed E-state index contributed by atoms with van der Waals surface area (Å²) < 4.78 is 0. The fourth-order valence-electron chi connectivity index (χ4n) is 3.50. The van der Waals surface area contributed by atoms with Gasteiger partial charge in [0.1, 0.15) is 0 Å². The van der Waals surface area contributed by atoms with E-state index in [1.165, 1.54) is 22.2 Å². The van der Waals surface area contributed by atoms with Crippen LogP contribution in [0.1, 0.15) is 37.4 Å². The summed E-state index contributed by atoms with van der Waals surface area (Å²) in [4.78, 5) is 3.47. The van der Waals surface area contributed by atoms with Gasteiger partial charge < -0.3 is 4.98 Å². The fraction of sp³-hybridized carbons (Fsp3) is 0.438. The Morgan fingerprint density at radius 1 is 1.33 bits per heavy atom. The first kappa shape index (κ1) is 11.3. The lowest BCUT2D eigenvalue weighted by Gasteiger charge is -2.03. The zero-order chi connectivity index (χ0) is 12.9. The van der Waals surface area contributed by atoms with Crippen molar-refractivity contribution in [2.45, 2.75) is 33.1 Å². The van der Waals surface area contributed by atoms with Gasteiger partial charge in [0, 0.05) is 23.0 Å². The van der Waals surface area contributed by atoms with E-state index in [0.717, 1.165) is 0 Å². The molecule has 0 unspecified atom stereocenters. The second kappa shape index (κ2) is 3.62. The third-order valence-electron chi connectivity index (χ3n) is 4.62. The summed E-state index contributed by atoms with van der Waals surface area (Å²) in [5.41, 5.74) is 4.15. The number of nitriles is 1. The van der Waals surface area contributed by atoms with E-state index in [-0.39, 0.29) is 5.41 Å². The van der Waals surface area contributed by atoms with Crippen molar-refractivity contribution in [1.82, 2.24) is 4.98 Å². The lowest BCUT2D eigenvalue weighted by molar-refractivity contribution is 0.559. The molecule has 1 aliphatic carbocycles.